The summed E-state index contributed by atoms with van der Waals surface area (Å²) < 4.78 is 5.48. The van der Waals surface area contributed by atoms with E-state index in [-0.39, 0.29) is 23.6 Å². The smallest absolute Gasteiger partial charge is 0.270 e. The molecule has 6 rings (SSSR count). The maximum Gasteiger partial charge on any atom is 0.270 e. The summed E-state index contributed by atoms with van der Waals surface area (Å²) in [4.78, 5) is 30.6. The molecule has 146 valence electrons. The third kappa shape index (κ3) is 2.74. The Morgan fingerprint density at radius 3 is 2.57 bits per heavy atom. The van der Waals surface area contributed by atoms with Crippen LogP contribution in [0, 0.1) is 5.92 Å². The largest absolute Gasteiger partial charge is 0.447 e. The molecule has 28 heavy (non-hydrogen) atoms. The van der Waals surface area contributed by atoms with Crippen LogP contribution >= 0.6 is 0 Å². The van der Waals surface area contributed by atoms with Gasteiger partial charge in [-0.25, -0.2) is 4.98 Å². The fourth-order valence-corrected chi connectivity index (χ4v) is 5.42. The van der Waals surface area contributed by atoms with Crippen molar-refractivity contribution in [3.63, 3.8) is 0 Å². The average Bonchev–Trinajstić information content (AvgIpc) is 3.43. The Balaban J connectivity index is 1.31. The second-order valence-corrected chi connectivity index (χ2v) is 8.43. The maximum atomic E-state index is 13.1. The van der Waals surface area contributed by atoms with Gasteiger partial charge in [-0.3, -0.25) is 9.59 Å². The molecule has 2 saturated heterocycles. The molecule has 3 atom stereocenters. The van der Waals surface area contributed by atoms with Gasteiger partial charge in [-0.15, -0.1) is 0 Å². The SMILES string of the molecule is NC(=O)c1ncoc1C1C2CC1N(C(=O)c1ccc(C3CCCCC3)cc1)C2. The fourth-order valence-electron chi connectivity index (χ4n) is 5.42. The zero-order valence-corrected chi connectivity index (χ0v) is 15.8. The average molecular weight is 379 g/mol. The summed E-state index contributed by atoms with van der Waals surface area (Å²) in [7, 11) is 0. The summed E-state index contributed by atoms with van der Waals surface area (Å²) in [6.07, 6.45) is 8.67. The van der Waals surface area contributed by atoms with E-state index in [0.29, 0.717) is 24.1 Å². The van der Waals surface area contributed by atoms with Crippen LogP contribution < -0.4 is 5.73 Å². The van der Waals surface area contributed by atoms with Gasteiger partial charge in [0.05, 0.1) is 0 Å². The zero-order valence-electron chi connectivity index (χ0n) is 15.8. The predicted octanol–water partition coefficient (Wildman–Crippen LogP) is 3.45. The molecule has 4 fully saturated rings. The second-order valence-electron chi connectivity index (χ2n) is 8.43. The van der Waals surface area contributed by atoms with Crippen LogP contribution in [0.15, 0.2) is 35.1 Å². The van der Waals surface area contributed by atoms with Gasteiger partial charge in [-0.05, 0) is 48.8 Å². The normalized spacial score (nSPS) is 26.9. The molecule has 4 aliphatic rings. The number of rotatable bonds is 4. The first kappa shape index (κ1) is 17.5. The fraction of sp³-hybridized carbons (Fsp3) is 0.500. The van der Waals surface area contributed by atoms with Crippen molar-refractivity contribution in [1.29, 1.82) is 0 Å². The van der Waals surface area contributed by atoms with E-state index in [9.17, 15) is 9.59 Å². The highest BCUT2D eigenvalue weighted by molar-refractivity contribution is 5.95. The van der Waals surface area contributed by atoms with E-state index in [1.54, 1.807) is 0 Å². The lowest BCUT2D eigenvalue weighted by Crippen LogP contribution is -2.40. The van der Waals surface area contributed by atoms with Gasteiger partial charge >= 0.3 is 0 Å². The molecule has 6 heteroatoms. The van der Waals surface area contributed by atoms with Crippen molar-refractivity contribution < 1.29 is 14.0 Å². The van der Waals surface area contributed by atoms with Gasteiger partial charge < -0.3 is 15.1 Å². The van der Waals surface area contributed by atoms with Gasteiger partial charge in [-0.1, -0.05) is 31.4 Å². The first-order chi connectivity index (χ1) is 13.6. The van der Waals surface area contributed by atoms with Crippen LogP contribution in [0.1, 0.15) is 82.5 Å². The maximum absolute atomic E-state index is 13.1. The summed E-state index contributed by atoms with van der Waals surface area (Å²) in [5.41, 5.74) is 7.69. The van der Waals surface area contributed by atoms with Crippen molar-refractivity contribution in [2.75, 3.05) is 6.54 Å². The van der Waals surface area contributed by atoms with Crippen molar-refractivity contribution >= 4 is 11.8 Å². The van der Waals surface area contributed by atoms with E-state index in [2.05, 4.69) is 17.1 Å². The molecule has 2 N–H and O–H groups in total. The van der Waals surface area contributed by atoms with Gasteiger partial charge in [0.15, 0.2) is 12.1 Å². The standard InChI is InChI=1S/C22H25N3O3/c23-21(26)19-20(28-12-24-19)18-16-10-17(18)25(11-16)22(27)15-8-6-14(7-9-15)13-4-2-1-3-5-13/h6-9,12-13,16-18H,1-5,10-11H2,(H2,23,26). The quantitative estimate of drug-likeness (QED) is 0.881. The topological polar surface area (TPSA) is 89.4 Å². The summed E-state index contributed by atoms with van der Waals surface area (Å²) in [5, 5.41) is 0. The second kappa shape index (κ2) is 6.76. The Morgan fingerprint density at radius 2 is 1.86 bits per heavy atom. The molecule has 2 bridgehead atoms. The molecular weight excluding hydrogens is 354 g/mol. The lowest BCUT2D eigenvalue weighted by atomic mass is 9.72. The Bertz CT molecular complexity index is 898. The van der Waals surface area contributed by atoms with Crippen LogP contribution in [0.4, 0.5) is 0 Å². The third-order valence-electron chi connectivity index (χ3n) is 6.92. The molecule has 2 saturated carbocycles. The molecule has 0 spiro atoms. The minimum atomic E-state index is -0.578. The highest BCUT2D eigenvalue weighted by Crippen LogP contribution is 2.53. The number of aromatic nitrogens is 1. The number of nitrogens with zero attached hydrogens (tertiary/aromatic N) is 2. The minimum absolute atomic E-state index is 0.0236. The number of benzene rings is 1. The number of amides is 2. The number of primary amides is 1. The molecule has 0 radical (unpaired) electrons. The van der Waals surface area contributed by atoms with Gasteiger partial charge in [0.2, 0.25) is 0 Å². The molecule has 2 aliphatic carbocycles. The predicted molar refractivity (Wildman–Crippen MR) is 103 cm³/mol. The van der Waals surface area contributed by atoms with Crippen LogP contribution in [0.5, 0.6) is 0 Å². The first-order valence-electron chi connectivity index (χ1n) is 10.3. The molecular formula is C22H25N3O3. The van der Waals surface area contributed by atoms with Crippen LogP contribution in [-0.4, -0.2) is 34.3 Å². The van der Waals surface area contributed by atoms with Crippen molar-refractivity contribution in [3.05, 3.63) is 53.2 Å². The number of fused-ring (bicyclic) bond motifs is 1. The summed E-state index contributed by atoms with van der Waals surface area (Å²) in [6, 6.07) is 8.26. The first-order valence-corrected chi connectivity index (χ1v) is 10.3. The van der Waals surface area contributed by atoms with Crippen molar-refractivity contribution in [2.45, 2.75) is 56.4 Å². The van der Waals surface area contributed by atoms with E-state index >= 15 is 0 Å². The lowest BCUT2D eigenvalue weighted by Gasteiger charge is -2.35. The van der Waals surface area contributed by atoms with Gasteiger partial charge in [0.1, 0.15) is 5.76 Å². The van der Waals surface area contributed by atoms with Crippen LogP contribution in [0.25, 0.3) is 0 Å². The molecule has 1 aromatic heterocycles. The molecule has 3 heterocycles. The molecule has 1 aromatic carbocycles. The number of hydrogen-bond acceptors (Lipinski definition) is 4. The Morgan fingerprint density at radius 1 is 1.11 bits per heavy atom. The Kier molecular flexibility index (Phi) is 4.22. The molecule has 2 aromatic rings. The van der Waals surface area contributed by atoms with Crippen LogP contribution in [0.2, 0.25) is 0 Å². The van der Waals surface area contributed by atoms with Crippen LogP contribution in [-0.2, 0) is 0 Å². The molecule has 2 aliphatic heterocycles. The molecule has 6 nitrogen and oxygen atoms in total. The third-order valence-corrected chi connectivity index (χ3v) is 6.92. The number of carbonyl (C=O) groups is 2. The zero-order chi connectivity index (χ0) is 19.3. The van der Waals surface area contributed by atoms with Crippen molar-refractivity contribution in [1.82, 2.24) is 9.88 Å². The number of nitrogens with two attached hydrogens (primary N) is 1. The van der Waals surface area contributed by atoms with E-state index < -0.39 is 5.91 Å². The molecule has 3 unspecified atom stereocenters. The van der Waals surface area contributed by atoms with Gasteiger partial charge in [-0.2, -0.15) is 0 Å². The summed E-state index contributed by atoms with van der Waals surface area (Å²) >= 11 is 0. The highest BCUT2D eigenvalue weighted by atomic mass is 16.3. The lowest BCUT2D eigenvalue weighted by molar-refractivity contribution is 0.0729. The number of hydrogen-bond donors (Lipinski definition) is 1. The minimum Gasteiger partial charge on any atom is -0.447 e. The number of carbonyl (C=O) groups excluding carboxylic acids is 2. The summed E-state index contributed by atoms with van der Waals surface area (Å²) in [6.45, 7) is 0.692. The highest BCUT2D eigenvalue weighted by Gasteiger charge is 2.56. The van der Waals surface area contributed by atoms with E-state index in [1.165, 1.54) is 44.1 Å². The van der Waals surface area contributed by atoms with Crippen molar-refractivity contribution in [3.8, 4) is 0 Å². The summed E-state index contributed by atoms with van der Waals surface area (Å²) in [5.74, 6) is 0.991. The number of oxazole rings is 1. The Labute approximate surface area is 164 Å². The van der Waals surface area contributed by atoms with Gasteiger partial charge in [0, 0.05) is 24.1 Å². The molecule has 2 amide bonds. The van der Waals surface area contributed by atoms with Crippen molar-refractivity contribution in [2.24, 2.45) is 11.7 Å². The van der Waals surface area contributed by atoms with E-state index in [0.717, 1.165) is 12.0 Å². The van der Waals surface area contributed by atoms with E-state index in [4.69, 9.17) is 10.2 Å². The van der Waals surface area contributed by atoms with Crippen LogP contribution in [0.3, 0.4) is 0 Å². The van der Waals surface area contributed by atoms with Gasteiger partial charge in [0.25, 0.3) is 11.8 Å². The monoisotopic (exact) mass is 379 g/mol. The Hall–Kier alpha value is -2.63. The van der Waals surface area contributed by atoms with E-state index in [1.807, 2.05) is 17.0 Å².